The molecule has 0 radical (unpaired) electrons. The number of aromatic amines is 1. The summed E-state index contributed by atoms with van der Waals surface area (Å²) in [5.74, 6) is 2.10. The first-order chi connectivity index (χ1) is 19.3. The average molecular weight is 543 g/mol. The largest absolute Gasteiger partial charge is 0.358 e. The van der Waals surface area contributed by atoms with E-state index in [9.17, 15) is 4.39 Å². The number of H-pyrrole nitrogens is 1. The molecule has 8 saturated carbocycles. The zero-order valence-electron chi connectivity index (χ0n) is 23.0. The van der Waals surface area contributed by atoms with Gasteiger partial charge in [-0.3, -0.25) is 4.99 Å². The van der Waals surface area contributed by atoms with Gasteiger partial charge in [0, 0.05) is 45.6 Å². The van der Waals surface area contributed by atoms with Crippen molar-refractivity contribution in [1.82, 2.24) is 4.98 Å². The Labute approximate surface area is 234 Å². The van der Waals surface area contributed by atoms with E-state index in [0.717, 1.165) is 53.4 Å². The molecule has 2 aromatic rings. The fourth-order valence-corrected chi connectivity index (χ4v) is 11.7. The average Bonchev–Trinajstić information content (AvgIpc) is 3.56. The van der Waals surface area contributed by atoms with Crippen LogP contribution < -0.4 is 0 Å². The molecule has 8 aliphatic carbocycles. The number of halogens is 3. The minimum Gasteiger partial charge on any atom is -0.358 e. The maximum absolute atomic E-state index is 15.4. The third-order valence-corrected chi connectivity index (χ3v) is 12.3. The number of hydrogen-bond acceptors (Lipinski definition) is 1. The first kappa shape index (κ1) is 24.1. The molecular weight excluding hydrogens is 505 g/mol. The fraction of sp³-hybridized carbons (Fsp3) is 0.571. The summed E-state index contributed by atoms with van der Waals surface area (Å²) < 4.78 is 44.9. The van der Waals surface area contributed by atoms with Crippen molar-refractivity contribution < 1.29 is 13.2 Å². The monoisotopic (exact) mass is 542 g/mol. The molecule has 0 atom stereocenters. The van der Waals surface area contributed by atoms with E-state index >= 15 is 8.78 Å². The highest BCUT2D eigenvalue weighted by molar-refractivity contribution is 6.05. The number of allylic oxidation sites excluding steroid dienone is 2. The van der Waals surface area contributed by atoms with Gasteiger partial charge in [-0.2, -0.15) is 0 Å². The second-order valence-corrected chi connectivity index (χ2v) is 15.0. The molecule has 2 nitrogen and oxygen atoms in total. The summed E-state index contributed by atoms with van der Waals surface area (Å²) in [4.78, 5) is 8.85. The second kappa shape index (κ2) is 8.26. The molecule has 0 amide bonds. The van der Waals surface area contributed by atoms with E-state index in [1.165, 1.54) is 82.7 Å². The molecule has 0 spiro atoms. The van der Waals surface area contributed by atoms with Crippen LogP contribution in [0.15, 0.2) is 47.1 Å². The van der Waals surface area contributed by atoms with E-state index in [4.69, 9.17) is 4.99 Å². The molecule has 208 valence electrons. The predicted octanol–water partition coefficient (Wildman–Crippen LogP) is 8.89. The third-order valence-electron chi connectivity index (χ3n) is 12.3. The van der Waals surface area contributed by atoms with Gasteiger partial charge in [0.05, 0.1) is 11.3 Å². The zero-order chi connectivity index (χ0) is 26.8. The van der Waals surface area contributed by atoms with Crippen molar-refractivity contribution in [3.05, 3.63) is 76.5 Å². The lowest BCUT2D eigenvalue weighted by atomic mass is 9.48. The summed E-state index contributed by atoms with van der Waals surface area (Å²) in [5.41, 5.74) is 4.04. The molecule has 2 heterocycles. The summed E-state index contributed by atoms with van der Waals surface area (Å²) in [6, 6.07) is 5.74. The van der Waals surface area contributed by atoms with Gasteiger partial charge in [-0.05, 0) is 137 Å². The quantitative estimate of drug-likeness (QED) is 0.400. The van der Waals surface area contributed by atoms with Gasteiger partial charge in [-0.1, -0.05) is 0 Å². The van der Waals surface area contributed by atoms with E-state index in [0.29, 0.717) is 17.0 Å². The number of nitrogens with zero attached hydrogens (tertiary/aromatic N) is 1. The smallest absolute Gasteiger partial charge is 0.137 e. The number of rotatable bonds is 4. The number of aliphatic imine (C=N–C) groups is 1. The van der Waals surface area contributed by atoms with E-state index in [-0.39, 0.29) is 16.4 Å². The number of hydrogen-bond donors (Lipinski definition) is 1. The van der Waals surface area contributed by atoms with Gasteiger partial charge in [0.15, 0.2) is 0 Å². The molecule has 11 rings (SSSR count). The van der Waals surface area contributed by atoms with E-state index in [1.54, 1.807) is 0 Å². The van der Waals surface area contributed by atoms with Gasteiger partial charge in [-0.25, -0.2) is 13.2 Å². The van der Waals surface area contributed by atoms with Crippen molar-refractivity contribution in [2.45, 2.75) is 82.5 Å². The Bertz CT molecular complexity index is 1410. The first-order valence-corrected chi connectivity index (χ1v) is 15.7. The first-order valence-electron chi connectivity index (χ1n) is 15.7. The van der Waals surface area contributed by atoms with Crippen molar-refractivity contribution >= 4 is 11.3 Å². The Hall–Kier alpha value is -2.56. The molecule has 5 heteroatoms. The van der Waals surface area contributed by atoms with E-state index in [1.807, 2.05) is 12.1 Å². The molecule has 8 bridgehead atoms. The van der Waals surface area contributed by atoms with Gasteiger partial charge < -0.3 is 4.98 Å². The Morgan fingerprint density at radius 1 is 0.675 bits per heavy atom. The lowest BCUT2D eigenvalue weighted by molar-refractivity contribution is -0.0117. The van der Waals surface area contributed by atoms with Crippen LogP contribution >= 0.6 is 0 Å². The van der Waals surface area contributed by atoms with Crippen LogP contribution in [0.5, 0.6) is 0 Å². The van der Waals surface area contributed by atoms with Crippen molar-refractivity contribution in [2.75, 3.05) is 0 Å². The molecule has 1 aliphatic heterocycles. The standard InChI is InChI=1S/C35H37F3N2/c36-25-11-26(37)32(27(38)12-25)33(28-1-3-30(39-28)34-13-19-5-20(14-34)7-21(6-19)15-34)29-2-4-31(40-29)35-16-22-8-23(17-35)10-24(9-22)18-35/h1-4,11-12,19-24,39H,5-10,13-18H2/b33-29+. The summed E-state index contributed by atoms with van der Waals surface area (Å²) >= 11 is 0. The van der Waals surface area contributed by atoms with Gasteiger partial charge >= 0.3 is 0 Å². The van der Waals surface area contributed by atoms with Crippen molar-refractivity contribution in [3.63, 3.8) is 0 Å². The molecule has 1 aromatic carbocycles. The molecule has 0 saturated heterocycles. The highest BCUT2D eigenvalue weighted by atomic mass is 19.1. The summed E-state index contributed by atoms with van der Waals surface area (Å²) in [6.07, 6.45) is 19.4. The van der Waals surface area contributed by atoms with E-state index < -0.39 is 17.5 Å². The van der Waals surface area contributed by atoms with Gasteiger partial charge in [0.1, 0.15) is 17.5 Å². The Balaban J connectivity index is 1.16. The SMILES string of the molecule is Fc1cc(F)c(/C(=C2\C=CC(C34CC5CC(CC(C5)C3)C4)=N2)c2ccc(C34CC5CC(CC(C5)C3)C4)[nH]2)c(F)c1. The molecule has 1 N–H and O–H groups in total. The van der Waals surface area contributed by atoms with Gasteiger partial charge in [0.25, 0.3) is 0 Å². The minimum atomic E-state index is -0.899. The molecule has 9 aliphatic rings. The van der Waals surface area contributed by atoms with Gasteiger partial charge in [-0.15, -0.1) is 0 Å². The molecule has 40 heavy (non-hydrogen) atoms. The Morgan fingerprint density at radius 2 is 1.18 bits per heavy atom. The molecule has 8 fully saturated rings. The highest BCUT2D eigenvalue weighted by Crippen LogP contribution is 2.62. The van der Waals surface area contributed by atoms with Crippen molar-refractivity contribution in [3.8, 4) is 0 Å². The van der Waals surface area contributed by atoms with Crippen LogP contribution in [0.4, 0.5) is 13.2 Å². The Morgan fingerprint density at radius 3 is 1.70 bits per heavy atom. The summed E-state index contributed by atoms with van der Waals surface area (Å²) in [5, 5.41) is 0. The zero-order valence-corrected chi connectivity index (χ0v) is 23.0. The predicted molar refractivity (Wildman–Crippen MR) is 150 cm³/mol. The molecule has 0 unspecified atom stereocenters. The van der Waals surface area contributed by atoms with E-state index in [2.05, 4.69) is 17.1 Å². The summed E-state index contributed by atoms with van der Waals surface area (Å²) in [7, 11) is 0. The Kier molecular flexibility index (Phi) is 4.97. The lowest BCUT2D eigenvalue weighted by Gasteiger charge is -2.56. The lowest BCUT2D eigenvalue weighted by Crippen LogP contribution is -2.49. The van der Waals surface area contributed by atoms with Crippen LogP contribution in [0.3, 0.4) is 0 Å². The maximum atomic E-state index is 15.4. The molecule has 1 aromatic heterocycles. The highest BCUT2D eigenvalue weighted by Gasteiger charge is 2.54. The summed E-state index contributed by atoms with van der Waals surface area (Å²) in [6.45, 7) is 0. The maximum Gasteiger partial charge on any atom is 0.137 e. The minimum absolute atomic E-state index is 0.0953. The number of benzene rings is 1. The normalized spacial score (nSPS) is 41.7. The van der Waals surface area contributed by atoms with Crippen LogP contribution in [-0.4, -0.2) is 10.7 Å². The van der Waals surface area contributed by atoms with Crippen LogP contribution in [-0.2, 0) is 5.41 Å². The van der Waals surface area contributed by atoms with Crippen molar-refractivity contribution in [2.24, 2.45) is 45.9 Å². The molecular formula is C35H37F3N2. The van der Waals surface area contributed by atoms with Crippen molar-refractivity contribution in [1.29, 1.82) is 0 Å². The van der Waals surface area contributed by atoms with Crippen LogP contribution in [0, 0.1) is 58.4 Å². The number of nitrogens with one attached hydrogen (secondary N) is 1. The van der Waals surface area contributed by atoms with Crippen LogP contribution in [0.1, 0.15) is 94.0 Å². The van der Waals surface area contributed by atoms with Gasteiger partial charge in [0.2, 0.25) is 0 Å². The van der Waals surface area contributed by atoms with Crippen LogP contribution in [0.2, 0.25) is 0 Å². The topological polar surface area (TPSA) is 28.1 Å². The fourth-order valence-electron chi connectivity index (χ4n) is 11.7. The third kappa shape index (κ3) is 3.51. The number of aromatic nitrogens is 1. The van der Waals surface area contributed by atoms with Crippen LogP contribution in [0.25, 0.3) is 5.57 Å². The second-order valence-electron chi connectivity index (χ2n) is 15.0.